The maximum atomic E-state index is 14.2. The number of hydrogen-bond donors (Lipinski definition) is 3. The summed E-state index contributed by atoms with van der Waals surface area (Å²) in [4.78, 5) is 32.5. The highest BCUT2D eigenvalue weighted by atomic mass is 19.1. The van der Waals surface area contributed by atoms with E-state index in [2.05, 4.69) is 15.0 Å². The van der Waals surface area contributed by atoms with Gasteiger partial charge in [-0.15, -0.1) is 0 Å². The molecule has 0 fully saturated rings. The van der Waals surface area contributed by atoms with Crippen molar-refractivity contribution in [3.63, 3.8) is 0 Å². The first-order chi connectivity index (χ1) is 14.4. The molecule has 0 aliphatic heterocycles. The molecule has 9 heteroatoms. The van der Waals surface area contributed by atoms with E-state index >= 15 is 0 Å². The van der Waals surface area contributed by atoms with E-state index in [1.54, 1.807) is 37.6 Å². The maximum Gasteiger partial charge on any atom is 0.323 e. The Morgan fingerprint density at radius 2 is 1.70 bits per heavy atom. The number of aromatic nitrogens is 4. The number of pyridine rings is 1. The van der Waals surface area contributed by atoms with E-state index in [1.165, 1.54) is 10.6 Å². The maximum absolute atomic E-state index is 14.2. The summed E-state index contributed by atoms with van der Waals surface area (Å²) >= 11 is 0. The second-order valence-electron chi connectivity index (χ2n) is 6.88. The molecule has 30 heavy (non-hydrogen) atoms. The van der Waals surface area contributed by atoms with Crippen molar-refractivity contribution in [2.75, 3.05) is 0 Å². The zero-order chi connectivity index (χ0) is 21.0. The van der Waals surface area contributed by atoms with Crippen LogP contribution in [0.3, 0.4) is 0 Å². The fraction of sp³-hybridized carbons (Fsp3) is 0.0476. The molecule has 0 aliphatic rings. The molecule has 2 aromatic carbocycles. The van der Waals surface area contributed by atoms with E-state index < -0.39 is 17.3 Å². The molecule has 3 N–H and O–H groups in total. The zero-order valence-corrected chi connectivity index (χ0v) is 15.5. The van der Waals surface area contributed by atoms with E-state index in [0.717, 1.165) is 12.1 Å². The van der Waals surface area contributed by atoms with Gasteiger partial charge in [-0.3, -0.25) is 4.79 Å². The van der Waals surface area contributed by atoms with Crippen molar-refractivity contribution in [1.82, 2.24) is 19.5 Å². The van der Waals surface area contributed by atoms with E-state index in [0.29, 0.717) is 33.1 Å². The molecule has 0 spiro atoms. The van der Waals surface area contributed by atoms with Crippen molar-refractivity contribution in [2.45, 2.75) is 0 Å². The van der Waals surface area contributed by atoms with Crippen molar-refractivity contribution >= 4 is 21.9 Å². The summed E-state index contributed by atoms with van der Waals surface area (Å²) in [6, 6.07) is 7.88. The van der Waals surface area contributed by atoms with E-state index in [9.17, 15) is 18.4 Å². The van der Waals surface area contributed by atoms with Crippen molar-refractivity contribution in [2.24, 2.45) is 7.05 Å². The number of hydrogen-bond acceptors (Lipinski definition) is 3. The van der Waals surface area contributed by atoms with Gasteiger partial charge in [-0.25, -0.2) is 13.6 Å². The molecule has 0 radical (unpaired) electrons. The van der Waals surface area contributed by atoms with Gasteiger partial charge in [0.05, 0.1) is 21.9 Å². The quantitative estimate of drug-likeness (QED) is 0.424. The predicted octanol–water partition coefficient (Wildman–Crippen LogP) is 3.77. The Bertz CT molecular complexity index is 1560. The largest absolute Gasteiger partial charge is 0.454 e. The third-order valence-corrected chi connectivity index (χ3v) is 4.91. The normalized spacial score (nSPS) is 11.4. The molecule has 5 aromatic rings. The van der Waals surface area contributed by atoms with Gasteiger partial charge in [0.1, 0.15) is 11.6 Å². The number of ether oxygens (including phenoxy) is 1. The van der Waals surface area contributed by atoms with Gasteiger partial charge in [0.15, 0.2) is 11.6 Å². The number of imidazole rings is 1. The molecule has 0 saturated carbocycles. The third kappa shape index (κ3) is 2.79. The minimum absolute atomic E-state index is 0.178. The summed E-state index contributed by atoms with van der Waals surface area (Å²) in [6.07, 6.45) is 3.27. The molecule has 0 aliphatic carbocycles. The molecule has 3 aromatic heterocycles. The second-order valence-corrected chi connectivity index (χ2v) is 6.88. The fourth-order valence-electron chi connectivity index (χ4n) is 3.52. The van der Waals surface area contributed by atoms with E-state index in [1.807, 2.05) is 0 Å². The minimum atomic E-state index is -0.867. The third-order valence-electron chi connectivity index (χ3n) is 4.91. The number of nitrogens with zero attached hydrogens (tertiary/aromatic N) is 1. The zero-order valence-electron chi connectivity index (χ0n) is 15.5. The van der Waals surface area contributed by atoms with Gasteiger partial charge >= 0.3 is 5.69 Å². The number of aromatic amines is 3. The van der Waals surface area contributed by atoms with Crippen LogP contribution >= 0.6 is 0 Å². The van der Waals surface area contributed by atoms with Crippen LogP contribution in [0.5, 0.6) is 11.5 Å². The summed E-state index contributed by atoms with van der Waals surface area (Å²) in [5, 5.41) is 0.469. The van der Waals surface area contributed by atoms with Crippen LogP contribution in [0.25, 0.3) is 33.1 Å². The molecular formula is C21H14F2N4O3. The molecule has 0 saturated heterocycles. The summed E-state index contributed by atoms with van der Waals surface area (Å²) in [5.74, 6) is -1.55. The lowest BCUT2D eigenvalue weighted by Gasteiger charge is -2.14. The molecule has 150 valence electrons. The van der Waals surface area contributed by atoms with E-state index in [-0.39, 0.29) is 17.1 Å². The first kappa shape index (κ1) is 17.9. The Morgan fingerprint density at radius 3 is 2.47 bits per heavy atom. The van der Waals surface area contributed by atoms with Crippen LogP contribution in [0.4, 0.5) is 8.78 Å². The standard InChI is InChI=1S/C21H14F2N4O3/c1-27-9-13(19-11(20(27)28)4-5-24-19)12-7-15-16(26-21(29)25-15)8-18(12)30-17-3-2-10(22)6-14(17)23/h2-9,24H,1H3,(H2,25,26,29). The molecule has 0 atom stereocenters. The van der Waals surface area contributed by atoms with Gasteiger partial charge in [0.2, 0.25) is 0 Å². The van der Waals surface area contributed by atoms with Crippen LogP contribution in [0, 0.1) is 11.6 Å². The lowest BCUT2D eigenvalue weighted by Crippen LogP contribution is -2.16. The number of halogens is 2. The lowest BCUT2D eigenvalue weighted by atomic mass is 10.0. The first-order valence-corrected chi connectivity index (χ1v) is 8.97. The average molecular weight is 408 g/mol. The number of benzene rings is 2. The van der Waals surface area contributed by atoms with Crippen molar-refractivity contribution in [3.8, 4) is 22.6 Å². The Labute approximate surface area is 166 Å². The van der Waals surface area contributed by atoms with Crippen LogP contribution < -0.4 is 16.0 Å². The highest BCUT2D eigenvalue weighted by Crippen LogP contribution is 2.38. The second kappa shape index (κ2) is 6.45. The lowest BCUT2D eigenvalue weighted by molar-refractivity contribution is 0.439. The SMILES string of the molecule is Cn1cc(-c2cc3[nH]c(=O)[nH]c3cc2Oc2ccc(F)cc2F)c2[nH]ccc2c1=O. The van der Waals surface area contributed by atoms with Crippen molar-refractivity contribution in [3.05, 3.63) is 81.3 Å². The van der Waals surface area contributed by atoms with Crippen LogP contribution in [0.15, 0.2) is 58.4 Å². The molecule has 0 bridgehead atoms. The number of fused-ring (bicyclic) bond motifs is 2. The molecule has 5 rings (SSSR count). The van der Waals surface area contributed by atoms with Crippen LogP contribution in [0.1, 0.15) is 0 Å². The topological polar surface area (TPSA) is 95.7 Å². The van der Waals surface area contributed by atoms with Crippen molar-refractivity contribution in [1.29, 1.82) is 0 Å². The Hall–Kier alpha value is -4.14. The molecule has 7 nitrogen and oxygen atoms in total. The molecular weight excluding hydrogens is 394 g/mol. The van der Waals surface area contributed by atoms with E-state index in [4.69, 9.17) is 4.74 Å². The number of rotatable bonds is 3. The van der Waals surface area contributed by atoms with Crippen LogP contribution in [-0.2, 0) is 7.05 Å². The summed E-state index contributed by atoms with van der Waals surface area (Å²) in [6.45, 7) is 0. The van der Waals surface area contributed by atoms with Gasteiger partial charge < -0.3 is 24.3 Å². The Balaban J connectivity index is 1.80. The average Bonchev–Trinajstić information content (AvgIpc) is 3.32. The Morgan fingerprint density at radius 1 is 0.933 bits per heavy atom. The summed E-state index contributed by atoms with van der Waals surface area (Å²) in [7, 11) is 1.62. The molecule has 3 heterocycles. The predicted molar refractivity (Wildman–Crippen MR) is 108 cm³/mol. The van der Waals surface area contributed by atoms with Gasteiger partial charge in [-0.05, 0) is 24.3 Å². The van der Waals surface area contributed by atoms with Gasteiger partial charge in [0, 0.05) is 42.7 Å². The highest BCUT2D eigenvalue weighted by Gasteiger charge is 2.18. The molecule has 0 amide bonds. The first-order valence-electron chi connectivity index (χ1n) is 8.97. The smallest absolute Gasteiger partial charge is 0.323 e. The highest BCUT2D eigenvalue weighted by molar-refractivity contribution is 5.97. The number of nitrogens with one attached hydrogen (secondary N) is 3. The number of aryl methyl sites for hydroxylation is 1. The number of H-pyrrole nitrogens is 3. The monoisotopic (exact) mass is 408 g/mol. The van der Waals surface area contributed by atoms with Crippen LogP contribution in [0.2, 0.25) is 0 Å². The van der Waals surface area contributed by atoms with Gasteiger partial charge in [-0.1, -0.05) is 0 Å². The fourth-order valence-corrected chi connectivity index (χ4v) is 3.52. The van der Waals surface area contributed by atoms with Gasteiger partial charge in [-0.2, -0.15) is 0 Å². The van der Waals surface area contributed by atoms with Crippen LogP contribution in [-0.4, -0.2) is 19.5 Å². The summed E-state index contributed by atoms with van der Waals surface area (Å²) < 4.78 is 34.7. The van der Waals surface area contributed by atoms with Gasteiger partial charge in [0.25, 0.3) is 5.56 Å². The molecule has 0 unspecified atom stereocenters. The van der Waals surface area contributed by atoms with Crippen molar-refractivity contribution < 1.29 is 13.5 Å². The minimum Gasteiger partial charge on any atom is -0.454 e. The summed E-state index contributed by atoms with van der Waals surface area (Å²) in [5.41, 5.74) is 2.05. The Kier molecular flexibility index (Phi) is 3.85.